The standard InChI is InChI=1S/C13H21N3O3/c1-9-11(13(17)18)12(16(3)14-9)15(2)8-10-4-6-19-7-5-10/h10H,4-8H2,1-3H3,(H,17,18). The Morgan fingerprint density at radius 1 is 1.53 bits per heavy atom. The summed E-state index contributed by atoms with van der Waals surface area (Å²) in [5, 5.41) is 13.5. The van der Waals surface area contributed by atoms with E-state index in [0.717, 1.165) is 32.6 Å². The van der Waals surface area contributed by atoms with Gasteiger partial charge in [0.05, 0.1) is 5.69 Å². The van der Waals surface area contributed by atoms with Gasteiger partial charge in [0.1, 0.15) is 11.4 Å². The van der Waals surface area contributed by atoms with Gasteiger partial charge in [-0.05, 0) is 25.7 Å². The lowest BCUT2D eigenvalue weighted by Gasteiger charge is -2.28. The predicted octanol–water partition coefficient (Wildman–Crippen LogP) is 1.29. The van der Waals surface area contributed by atoms with Crippen LogP contribution in [-0.4, -0.2) is 47.7 Å². The molecule has 19 heavy (non-hydrogen) atoms. The summed E-state index contributed by atoms with van der Waals surface area (Å²) in [7, 11) is 3.72. The molecule has 106 valence electrons. The first kappa shape index (κ1) is 13.9. The Hall–Kier alpha value is -1.56. The predicted molar refractivity (Wildman–Crippen MR) is 71.7 cm³/mol. The van der Waals surface area contributed by atoms with Crippen LogP contribution < -0.4 is 4.90 Å². The molecule has 2 rings (SSSR count). The van der Waals surface area contributed by atoms with Gasteiger partial charge >= 0.3 is 5.97 Å². The Bertz CT molecular complexity index is 464. The van der Waals surface area contributed by atoms with Crippen molar-refractivity contribution in [2.75, 3.05) is 31.7 Å². The van der Waals surface area contributed by atoms with Crippen LogP contribution in [0, 0.1) is 12.8 Å². The summed E-state index contributed by atoms with van der Waals surface area (Å²) in [5.74, 6) is 0.312. The molecule has 1 aliphatic rings. The summed E-state index contributed by atoms with van der Waals surface area (Å²) < 4.78 is 7.00. The largest absolute Gasteiger partial charge is 0.477 e. The molecule has 0 aromatic carbocycles. The lowest BCUT2D eigenvalue weighted by molar-refractivity contribution is 0.0677. The van der Waals surface area contributed by atoms with Crippen LogP contribution in [0.3, 0.4) is 0 Å². The van der Waals surface area contributed by atoms with Gasteiger partial charge in [0.15, 0.2) is 0 Å². The molecule has 0 spiro atoms. The maximum Gasteiger partial charge on any atom is 0.341 e. The summed E-state index contributed by atoms with van der Waals surface area (Å²) >= 11 is 0. The van der Waals surface area contributed by atoms with Crippen molar-refractivity contribution >= 4 is 11.8 Å². The summed E-state index contributed by atoms with van der Waals surface area (Å²) in [5.41, 5.74) is 0.862. The fraction of sp³-hybridized carbons (Fsp3) is 0.692. The third-order valence-electron chi connectivity index (χ3n) is 3.64. The maximum atomic E-state index is 11.4. The summed E-state index contributed by atoms with van der Waals surface area (Å²) in [6.07, 6.45) is 2.06. The maximum absolute atomic E-state index is 11.4. The second-order valence-corrected chi connectivity index (χ2v) is 5.15. The second kappa shape index (κ2) is 5.61. The van der Waals surface area contributed by atoms with Crippen LogP contribution in [0.5, 0.6) is 0 Å². The molecule has 1 aromatic rings. The fourth-order valence-corrected chi connectivity index (χ4v) is 2.74. The lowest BCUT2D eigenvalue weighted by atomic mass is 10.00. The molecule has 0 saturated carbocycles. The molecule has 1 fully saturated rings. The van der Waals surface area contributed by atoms with Gasteiger partial charge in [-0.15, -0.1) is 0 Å². The van der Waals surface area contributed by atoms with Crippen molar-refractivity contribution in [3.63, 3.8) is 0 Å². The van der Waals surface area contributed by atoms with E-state index < -0.39 is 5.97 Å². The van der Waals surface area contributed by atoms with Crippen molar-refractivity contribution < 1.29 is 14.6 Å². The number of carboxylic acid groups (broad SMARTS) is 1. The molecule has 1 aromatic heterocycles. The molecule has 1 saturated heterocycles. The molecule has 0 radical (unpaired) electrons. The molecule has 0 unspecified atom stereocenters. The number of aromatic nitrogens is 2. The minimum absolute atomic E-state index is 0.303. The van der Waals surface area contributed by atoms with E-state index in [-0.39, 0.29) is 0 Å². The quantitative estimate of drug-likeness (QED) is 0.890. The van der Waals surface area contributed by atoms with Gasteiger partial charge < -0.3 is 14.7 Å². The SMILES string of the molecule is Cc1nn(C)c(N(C)CC2CCOCC2)c1C(=O)O. The van der Waals surface area contributed by atoms with Crippen LogP contribution in [0.25, 0.3) is 0 Å². The highest BCUT2D eigenvalue weighted by Gasteiger charge is 2.24. The number of carboxylic acids is 1. The third-order valence-corrected chi connectivity index (χ3v) is 3.64. The van der Waals surface area contributed by atoms with E-state index in [1.165, 1.54) is 0 Å². The highest BCUT2D eigenvalue weighted by Crippen LogP contribution is 2.25. The number of carbonyl (C=O) groups is 1. The number of hydrogen-bond donors (Lipinski definition) is 1. The second-order valence-electron chi connectivity index (χ2n) is 5.15. The van der Waals surface area contributed by atoms with E-state index in [1.807, 2.05) is 11.9 Å². The Balaban J connectivity index is 2.18. The Labute approximate surface area is 113 Å². The summed E-state index contributed by atoms with van der Waals surface area (Å²) in [6, 6.07) is 0. The number of ether oxygens (including phenoxy) is 1. The molecular weight excluding hydrogens is 246 g/mol. The molecule has 0 aliphatic carbocycles. The van der Waals surface area contributed by atoms with E-state index in [0.29, 0.717) is 23.0 Å². The summed E-state index contributed by atoms with van der Waals surface area (Å²) in [4.78, 5) is 13.4. The van der Waals surface area contributed by atoms with Crippen molar-refractivity contribution in [3.05, 3.63) is 11.3 Å². The van der Waals surface area contributed by atoms with Crippen LogP contribution in [0.2, 0.25) is 0 Å². The molecule has 0 atom stereocenters. The third kappa shape index (κ3) is 2.89. The molecule has 1 N–H and O–H groups in total. The van der Waals surface area contributed by atoms with Crippen molar-refractivity contribution in [2.45, 2.75) is 19.8 Å². The lowest BCUT2D eigenvalue weighted by Crippen LogP contribution is -2.31. The van der Waals surface area contributed by atoms with Crippen molar-refractivity contribution in [1.29, 1.82) is 0 Å². The average Bonchev–Trinajstić information content (AvgIpc) is 2.65. The Morgan fingerprint density at radius 2 is 2.16 bits per heavy atom. The zero-order valence-corrected chi connectivity index (χ0v) is 11.7. The first-order chi connectivity index (χ1) is 9.00. The highest BCUT2D eigenvalue weighted by atomic mass is 16.5. The van der Waals surface area contributed by atoms with Gasteiger partial charge in [-0.1, -0.05) is 0 Å². The molecule has 2 heterocycles. The van der Waals surface area contributed by atoms with Crippen molar-refractivity contribution in [1.82, 2.24) is 9.78 Å². The van der Waals surface area contributed by atoms with E-state index in [1.54, 1.807) is 18.7 Å². The van der Waals surface area contributed by atoms with Gasteiger partial charge in [-0.2, -0.15) is 5.10 Å². The number of hydrogen-bond acceptors (Lipinski definition) is 4. The average molecular weight is 267 g/mol. The van der Waals surface area contributed by atoms with Gasteiger partial charge in [-0.3, -0.25) is 4.68 Å². The Kier molecular flexibility index (Phi) is 4.09. The van der Waals surface area contributed by atoms with Crippen LogP contribution >= 0.6 is 0 Å². The van der Waals surface area contributed by atoms with Crippen molar-refractivity contribution in [2.24, 2.45) is 13.0 Å². The highest BCUT2D eigenvalue weighted by molar-refractivity contribution is 5.94. The number of anilines is 1. The molecular formula is C13H21N3O3. The minimum Gasteiger partial charge on any atom is -0.477 e. The normalized spacial score (nSPS) is 16.6. The van der Waals surface area contributed by atoms with Gasteiger partial charge in [0, 0.05) is 33.9 Å². The number of rotatable bonds is 4. The molecule has 6 heteroatoms. The van der Waals surface area contributed by atoms with Gasteiger partial charge in [0.25, 0.3) is 0 Å². The fourth-order valence-electron chi connectivity index (χ4n) is 2.74. The van der Waals surface area contributed by atoms with Crippen LogP contribution in [0.1, 0.15) is 28.9 Å². The zero-order valence-electron chi connectivity index (χ0n) is 11.7. The first-order valence-corrected chi connectivity index (χ1v) is 6.56. The first-order valence-electron chi connectivity index (χ1n) is 6.56. The topological polar surface area (TPSA) is 67.6 Å². The number of aromatic carboxylic acids is 1. The zero-order chi connectivity index (χ0) is 14.0. The number of nitrogens with zero attached hydrogens (tertiary/aromatic N) is 3. The van der Waals surface area contributed by atoms with Crippen LogP contribution in [0.4, 0.5) is 5.82 Å². The monoisotopic (exact) mass is 267 g/mol. The smallest absolute Gasteiger partial charge is 0.341 e. The molecule has 1 aliphatic heterocycles. The number of aryl methyl sites for hydroxylation is 2. The van der Waals surface area contributed by atoms with Gasteiger partial charge in [-0.25, -0.2) is 4.79 Å². The van der Waals surface area contributed by atoms with E-state index >= 15 is 0 Å². The van der Waals surface area contributed by atoms with Gasteiger partial charge in [0.2, 0.25) is 0 Å². The van der Waals surface area contributed by atoms with Crippen LogP contribution in [-0.2, 0) is 11.8 Å². The van der Waals surface area contributed by atoms with E-state index in [9.17, 15) is 9.90 Å². The van der Waals surface area contributed by atoms with E-state index in [2.05, 4.69) is 5.10 Å². The molecule has 0 bridgehead atoms. The molecule has 6 nitrogen and oxygen atoms in total. The van der Waals surface area contributed by atoms with Crippen LogP contribution in [0.15, 0.2) is 0 Å². The molecule has 0 amide bonds. The van der Waals surface area contributed by atoms with Crippen molar-refractivity contribution in [3.8, 4) is 0 Å². The summed E-state index contributed by atoms with van der Waals surface area (Å²) in [6.45, 7) is 4.17. The Morgan fingerprint density at radius 3 is 2.74 bits per heavy atom. The minimum atomic E-state index is -0.917. The van der Waals surface area contributed by atoms with E-state index in [4.69, 9.17) is 4.74 Å².